The average molecular weight is 557 g/mol. The Hall–Kier alpha value is -3.05. The molecule has 6 nitrogen and oxygen atoms in total. The zero-order chi connectivity index (χ0) is 24.9. The van der Waals surface area contributed by atoms with Crippen LogP contribution in [0.25, 0.3) is 0 Å². The van der Waals surface area contributed by atoms with Crippen molar-refractivity contribution in [2.24, 2.45) is 0 Å². The number of rotatable bonds is 8. The van der Waals surface area contributed by atoms with Crippen molar-refractivity contribution in [3.8, 4) is 5.75 Å². The fourth-order valence-corrected chi connectivity index (χ4v) is 4.45. The molecule has 0 aliphatic carbocycles. The quantitative estimate of drug-likeness (QED) is 0.382. The Morgan fingerprint density at radius 1 is 1.03 bits per heavy atom. The number of benzene rings is 3. The van der Waals surface area contributed by atoms with Crippen molar-refractivity contribution in [2.45, 2.75) is 24.0 Å². The van der Waals surface area contributed by atoms with E-state index in [0.29, 0.717) is 6.07 Å². The lowest BCUT2D eigenvalue weighted by molar-refractivity contribution is -0.137. The molecule has 0 aliphatic heterocycles. The van der Waals surface area contributed by atoms with E-state index in [4.69, 9.17) is 4.74 Å². The third-order valence-corrected chi connectivity index (χ3v) is 6.56. The van der Waals surface area contributed by atoms with E-state index in [0.717, 1.165) is 22.2 Å². The first kappa shape index (κ1) is 25.6. The molecule has 3 aromatic carbocycles. The molecule has 11 heteroatoms. The standard InChI is InChI=1S/C23H20BrF3N2O4S/c1-15(16-4-2-6-18(24)12-16)28-22(30)14-33-20-8-10-21(11-9-20)34(31,32)29-19-7-3-5-17(13-19)23(25,26)27/h2-13,15,29H,14H2,1H3,(H,28,30)/t15-/m0/s1. The summed E-state index contributed by atoms with van der Waals surface area (Å²) in [6, 6.07) is 16.3. The van der Waals surface area contributed by atoms with E-state index in [1.54, 1.807) is 0 Å². The molecule has 0 saturated carbocycles. The largest absolute Gasteiger partial charge is 0.484 e. The first-order chi connectivity index (χ1) is 15.9. The molecule has 180 valence electrons. The molecule has 0 unspecified atom stereocenters. The van der Waals surface area contributed by atoms with Gasteiger partial charge < -0.3 is 10.1 Å². The summed E-state index contributed by atoms with van der Waals surface area (Å²) in [5, 5.41) is 2.80. The van der Waals surface area contributed by atoms with E-state index in [9.17, 15) is 26.4 Å². The fourth-order valence-electron chi connectivity index (χ4n) is 2.98. The van der Waals surface area contributed by atoms with E-state index in [2.05, 4.69) is 26.0 Å². The second kappa shape index (κ2) is 10.5. The molecule has 3 aromatic rings. The van der Waals surface area contributed by atoms with E-state index in [-0.39, 0.29) is 34.9 Å². The minimum absolute atomic E-state index is 0.176. The highest BCUT2D eigenvalue weighted by atomic mass is 79.9. The van der Waals surface area contributed by atoms with E-state index < -0.39 is 21.8 Å². The molecule has 0 saturated heterocycles. The maximum Gasteiger partial charge on any atom is 0.416 e. The number of hydrogen-bond acceptors (Lipinski definition) is 4. The van der Waals surface area contributed by atoms with Gasteiger partial charge in [-0.2, -0.15) is 13.2 Å². The van der Waals surface area contributed by atoms with Crippen LogP contribution in [0, 0.1) is 0 Å². The summed E-state index contributed by atoms with van der Waals surface area (Å²) in [7, 11) is -4.13. The second-order valence-corrected chi connectivity index (χ2v) is 9.89. The van der Waals surface area contributed by atoms with Crippen LogP contribution in [-0.2, 0) is 21.0 Å². The predicted octanol–water partition coefficient (Wildman–Crippen LogP) is 5.52. The van der Waals surface area contributed by atoms with Crippen molar-refractivity contribution < 1.29 is 31.1 Å². The summed E-state index contributed by atoms with van der Waals surface area (Å²) in [4.78, 5) is 12.0. The fraction of sp³-hybridized carbons (Fsp3) is 0.174. The van der Waals surface area contributed by atoms with Gasteiger partial charge in [-0.05, 0) is 67.1 Å². The van der Waals surface area contributed by atoms with Crippen LogP contribution in [0.2, 0.25) is 0 Å². The Kier molecular flexibility index (Phi) is 7.88. The van der Waals surface area contributed by atoms with E-state index >= 15 is 0 Å². The Balaban J connectivity index is 1.58. The van der Waals surface area contributed by atoms with Crippen molar-refractivity contribution in [3.05, 3.63) is 88.4 Å². The van der Waals surface area contributed by atoms with Crippen LogP contribution >= 0.6 is 15.9 Å². The Morgan fingerprint density at radius 3 is 2.35 bits per heavy atom. The number of amides is 1. The molecule has 1 amide bonds. The number of alkyl halides is 3. The van der Waals surface area contributed by atoms with Gasteiger partial charge >= 0.3 is 6.18 Å². The highest BCUT2D eigenvalue weighted by molar-refractivity contribution is 9.10. The molecule has 0 aliphatic rings. The number of hydrogen-bond donors (Lipinski definition) is 2. The number of carbonyl (C=O) groups is 1. The summed E-state index contributed by atoms with van der Waals surface area (Å²) in [6.45, 7) is 1.55. The number of halogens is 4. The van der Waals surface area contributed by atoms with Crippen molar-refractivity contribution in [2.75, 3.05) is 11.3 Å². The summed E-state index contributed by atoms with van der Waals surface area (Å²) >= 11 is 3.38. The van der Waals surface area contributed by atoms with Crippen LogP contribution in [0.3, 0.4) is 0 Å². The first-order valence-corrected chi connectivity index (χ1v) is 12.2. The summed E-state index contributed by atoms with van der Waals surface area (Å²) in [5.74, 6) is -0.112. The van der Waals surface area contributed by atoms with Gasteiger partial charge in [-0.25, -0.2) is 8.42 Å². The van der Waals surface area contributed by atoms with Gasteiger partial charge in [-0.1, -0.05) is 34.1 Å². The van der Waals surface area contributed by atoms with Crippen LogP contribution in [0.4, 0.5) is 18.9 Å². The Labute approximate surface area is 203 Å². The van der Waals surface area contributed by atoms with Gasteiger partial charge in [-0.3, -0.25) is 9.52 Å². The van der Waals surface area contributed by atoms with Gasteiger partial charge in [-0.15, -0.1) is 0 Å². The van der Waals surface area contributed by atoms with Gasteiger partial charge in [0.2, 0.25) is 0 Å². The smallest absolute Gasteiger partial charge is 0.416 e. The summed E-state index contributed by atoms with van der Waals surface area (Å²) in [5.41, 5.74) is -0.277. The van der Waals surface area contributed by atoms with Crippen molar-refractivity contribution >= 4 is 37.5 Å². The predicted molar refractivity (Wildman–Crippen MR) is 125 cm³/mol. The second-order valence-electron chi connectivity index (χ2n) is 7.29. The number of ether oxygens (including phenoxy) is 1. The topological polar surface area (TPSA) is 84.5 Å². The lowest BCUT2D eigenvalue weighted by Gasteiger charge is -2.15. The molecule has 3 rings (SSSR count). The molecule has 0 fully saturated rings. The molecule has 0 bridgehead atoms. The molecule has 0 spiro atoms. The number of anilines is 1. The SMILES string of the molecule is C[C@H](NC(=O)COc1ccc(S(=O)(=O)Nc2cccc(C(F)(F)F)c2)cc1)c1cccc(Br)c1. The lowest BCUT2D eigenvalue weighted by Crippen LogP contribution is -2.31. The Bertz CT molecular complexity index is 1270. The highest BCUT2D eigenvalue weighted by Crippen LogP contribution is 2.31. The zero-order valence-corrected chi connectivity index (χ0v) is 20.2. The zero-order valence-electron chi connectivity index (χ0n) is 17.8. The van der Waals surface area contributed by atoms with E-state index in [1.807, 2.05) is 31.2 Å². The molecule has 0 aromatic heterocycles. The highest BCUT2D eigenvalue weighted by Gasteiger charge is 2.30. The minimum Gasteiger partial charge on any atom is -0.484 e. The summed E-state index contributed by atoms with van der Waals surface area (Å²) < 4.78 is 72.0. The van der Waals surface area contributed by atoms with Gasteiger partial charge in [0.05, 0.1) is 16.5 Å². The third-order valence-electron chi connectivity index (χ3n) is 4.67. The maximum atomic E-state index is 12.8. The number of sulfonamides is 1. The molecule has 34 heavy (non-hydrogen) atoms. The van der Waals surface area contributed by atoms with Gasteiger partial charge in [0.1, 0.15) is 5.75 Å². The van der Waals surface area contributed by atoms with Crippen LogP contribution in [-0.4, -0.2) is 20.9 Å². The molecule has 1 atom stereocenters. The van der Waals surface area contributed by atoms with E-state index in [1.165, 1.54) is 30.3 Å². The minimum atomic E-state index is -4.59. The third kappa shape index (κ3) is 6.97. The molecular weight excluding hydrogens is 537 g/mol. The van der Waals surface area contributed by atoms with Crippen molar-refractivity contribution in [1.82, 2.24) is 5.32 Å². The van der Waals surface area contributed by atoms with Crippen molar-refractivity contribution in [3.63, 3.8) is 0 Å². The average Bonchev–Trinajstić information content (AvgIpc) is 2.77. The molecule has 0 heterocycles. The van der Waals surface area contributed by atoms with Crippen LogP contribution in [0.1, 0.15) is 24.1 Å². The normalized spacial score (nSPS) is 12.6. The monoisotopic (exact) mass is 556 g/mol. The number of nitrogens with one attached hydrogen (secondary N) is 2. The molecule has 2 N–H and O–H groups in total. The Morgan fingerprint density at radius 2 is 1.71 bits per heavy atom. The van der Waals surface area contributed by atoms with Gasteiger partial charge in [0.25, 0.3) is 15.9 Å². The summed E-state index contributed by atoms with van der Waals surface area (Å²) in [6.07, 6.45) is -4.59. The maximum absolute atomic E-state index is 12.8. The first-order valence-electron chi connectivity index (χ1n) is 9.92. The lowest BCUT2D eigenvalue weighted by atomic mass is 10.1. The van der Waals surface area contributed by atoms with Crippen molar-refractivity contribution in [1.29, 1.82) is 0 Å². The van der Waals surface area contributed by atoms with Crippen LogP contribution in [0.5, 0.6) is 5.75 Å². The molecule has 0 radical (unpaired) electrons. The molecular formula is C23H20BrF3N2O4S. The van der Waals surface area contributed by atoms with Gasteiger partial charge in [0, 0.05) is 10.2 Å². The van der Waals surface area contributed by atoms with Crippen LogP contribution < -0.4 is 14.8 Å². The van der Waals surface area contributed by atoms with Crippen LogP contribution in [0.15, 0.2) is 82.2 Å². The van der Waals surface area contributed by atoms with Gasteiger partial charge in [0.15, 0.2) is 6.61 Å². The number of carbonyl (C=O) groups excluding carboxylic acids is 1.